The molecule has 0 atom stereocenters. The molecule has 1 rings (SSSR count). The lowest BCUT2D eigenvalue weighted by Crippen LogP contribution is -2.29. The Morgan fingerprint density at radius 1 is 1.14 bits per heavy atom. The van der Waals surface area contributed by atoms with Crippen LogP contribution in [-0.2, 0) is 4.79 Å². The van der Waals surface area contributed by atoms with Gasteiger partial charge in [0.25, 0.3) is 0 Å². The van der Waals surface area contributed by atoms with Crippen LogP contribution in [0.2, 0.25) is 0 Å². The number of aliphatic hydroxyl groups excluding tert-OH is 1. The lowest BCUT2D eigenvalue weighted by Gasteiger charge is -2.15. The Morgan fingerprint density at radius 2 is 1.81 bits per heavy atom. The minimum Gasteiger partial charge on any atom is -0.494 e. The first kappa shape index (κ1) is 17.5. The fourth-order valence-electron chi connectivity index (χ4n) is 1.90. The maximum atomic E-state index is 11.8. The van der Waals surface area contributed by atoms with E-state index in [4.69, 9.17) is 14.6 Å². The SMILES string of the molecule is CCOc1ccc(OC(=O)CN(C)CCCCCO)cc1. The van der Waals surface area contributed by atoms with Gasteiger partial charge in [0.1, 0.15) is 11.5 Å². The Labute approximate surface area is 126 Å². The van der Waals surface area contributed by atoms with Crippen molar-refractivity contribution in [3.8, 4) is 11.5 Å². The summed E-state index contributed by atoms with van der Waals surface area (Å²) < 4.78 is 10.6. The van der Waals surface area contributed by atoms with Crippen LogP contribution in [-0.4, -0.2) is 49.3 Å². The third-order valence-electron chi connectivity index (χ3n) is 2.96. The van der Waals surface area contributed by atoms with E-state index in [1.807, 2.05) is 18.9 Å². The van der Waals surface area contributed by atoms with Crippen molar-refractivity contribution in [3.05, 3.63) is 24.3 Å². The highest BCUT2D eigenvalue weighted by Crippen LogP contribution is 2.17. The smallest absolute Gasteiger partial charge is 0.325 e. The van der Waals surface area contributed by atoms with Gasteiger partial charge in [0.2, 0.25) is 0 Å². The summed E-state index contributed by atoms with van der Waals surface area (Å²) in [5.74, 6) is 1.01. The number of hydrogen-bond acceptors (Lipinski definition) is 5. The third-order valence-corrected chi connectivity index (χ3v) is 2.96. The van der Waals surface area contributed by atoms with Crippen molar-refractivity contribution in [2.45, 2.75) is 26.2 Å². The Balaban J connectivity index is 2.28. The topological polar surface area (TPSA) is 59.0 Å². The molecule has 0 fully saturated rings. The van der Waals surface area contributed by atoms with E-state index in [2.05, 4.69) is 0 Å². The van der Waals surface area contributed by atoms with E-state index >= 15 is 0 Å². The molecule has 1 N–H and O–H groups in total. The molecule has 0 aliphatic carbocycles. The molecule has 5 heteroatoms. The molecular weight excluding hydrogens is 270 g/mol. The zero-order valence-electron chi connectivity index (χ0n) is 12.9. The van der Waals surface area contributed by atoms with E-state index in [9.17, 15) is 4.79 Å². The van der Waals surface area contributed by atoms with E-state index in [-0.39, 0.29) is 19.1 Å². The normalized spacial score (nSPS) is 10.7. The molecule has 0 aromatic heterocycles. The van der Waals surface area contributed by atoms with Gasteiger partial charge in [-0.25, -0.2) is 0 Å². The van der Waals surface area contributed by atoms with Gasteiger partial charge in [-0.15, -0.1) is 0 Å². The Hall–Kier alpha value is -1.59. The van der Waals surface area contributed by atoms with Crippen molar-refractivity contribution in [1.82, 2.24) is 4.90 Å². The molecule has 0 unspecified atom stereocenters. The second kappa shape index (κ2) is 10.2. The fourth-order valence-corrected chi connectivity index (χ4v) is 1.90. The largest absolute Gasteiger partial charge is 0.494 e. The van der Waals surface area contributed by atoms with Crippen molar-refractivity contribution in [1.29, 1.82) is 0 Å². The molecule has 0 radical (unpaired) electrons. The summed E-state index contributed by atoms with van der Waals surface area (Å²) >= 11 is 0. The average molecular weight is 295 g/mol. The Kier molecular flexibility index (Phi) is 8.47. The number of ether oxygens (including phenoxy) is 2. The number of carbonyl (C=O) groups excluding carboxylic acids is 1. The number of rotatable bonds is 10. The molecule has 118 valence electrons. The van der Waals surface area contributed by atoms with Crippen LogP contribution >= 0.6 is 0 Å². The standard InChI is InChI=1S/C16H25NO4/c1-3-20-14-7-9-15(10-8-14)21-16(19)13-17(2)11-5-4-6-12-18/h7-10,18H,3-6,11-13H2,1-2H3. The van der Waals surface area contributed by atoms with Gasteiger partial charge in [-0.05, 0) is 64.0 Å². The molecule has 0 saturated carbocycles. The second-order valence-electron chi connectivity index (χ2n) is 4.90. The highest BCUT2D eigenvalue weighted by atomic mass is 16.5. The maximum absolute atomic E-state index is 11.8. The van der Waals surface area contributed by atoms with Gasteiger partial charge in [-0.3, -0.25) is 9.69 Å². The van der Waals surface area contributed by atoms with Gasteiger partial charge in [-0.2, -0.15) is 0 Å². The molecule has 0 heterocycles. The number of esters is 1. The summed E-state index contributed by atoms with van der Waals surface area (Å²) in [5, 5.41) is 8.70. The molecular formula is C16H25NO4. The summed E-state index contributed by atoms with van der Waals surface area (Å²) in [6.45, 7) is 3.83. The van der Waals surface area contributed by atoms with Crippen LogP contribution in [0.5, 0.6) is 11.5 Å². The predicted molar refractivity (Wildman–Crippen MR) is 81.7 cm³/mol. The van der Waals surface area contributed by atoms with Crippen molar-refractivity contribution in [2.75, 3.05) is 33.4 Å². The van der Waals surface area contributed by atoms with Crippen molar-refractivity contribution < 1.29 is 19.4 Å². The first-order chi connectivity index (χ1) is 10.2. The van der Waals surface area contributed by atoms with Crippen molar-refractivity contribution in [3.63, 3.8) is 0 Å². The number of hydrogen-bond donors (Lipinski definition) is 1. The van der Waals surface area contributed by atoms with Gasteiger partial charge in [0.15, 0.2) is 0 Å². The number of unbranched alkanes of at least 4 members (excludes halogenated alkanes) is 2. The summed E-state index contributed by atoms with van der Waals surface area (Å²) in [6.07, 6.45) is 2.74. The molecule has 0 bridgehead atoms. The van der Waals surface area contributed by atoms with Gasteiger partial charge in [-0.1, -0.05) is 0 Å². The molecule has 1 aromatic carbocycles. The quantitative estimate of drug-likeness (QED) is 0.407. The maximum Gasteiger partial charge on any atom is 0.325 e. The third kappa shape index (κ3) is 7.68. The molecule has 0 amide bonds. The Bertz CT molecular complexity index is 405. The van der Waals surface area contributed by atoms with Crippen LogP contribution in [0.1, 0.15) is 26.2 Å². The van der Waals surface area contributed by atoms with Gasteiger partial charge in [0.05, 0.1) is 13.2 Å². The lowest BCUT2D eigenvalue weighted by molar-refractivity contribution is -0.135. The summed E-state index contributed by atoms with van der Waals surface area (Å²) in [4.78, 5) is 13.7. The second-order valence-corrected chi connectivity index (χ2v) is 4.90. The first-order valence-electron chi connectivity index (χ1n) is 7.38. The van der Waals surface area contributed by atoms with Crippen molar-refractivity contribution in [2.24, 2.45) is 0 Å². The van der Waals surface area contributed by atoms with Crippen LogP contribution < -0.4 is 9.47 Å². The number of benzene rings is 1. The number of carbonyl (C=O) groups is 1. The zero-order chi connectivity index (χ0) is 15.5. The fraction of sp³-hybridized carbons (Fsp3) is 0.562. The van der Waals surface area contributed by atoms with E-state index in [0.717, 1.165) is 31.6 Å². The molecule has 0 aliphatic heterocycles. The minimum atomic E-state index is -0.274. The van der Waals surface area contributed by atoms with Gasteiger partial charge < -0.3 is 14.6 Å². The van der Waals surface area contributed by atoms with E-state index in [1.165, 1.54) is 0 Å². The highest BCUT2D eigenvalue weighted by molar-refractivity contribution is 5.74. The highest BCUT2D eigenvalue weighted by Gasteiger charge is 2.09. The summed E-state index contributed by atoms with van der Waals surface area (Å²) in [6, 6.07) is 7.02. The molecule has 21 heavy (non-hydrogen) atoms. The van der Waals surface area contributed by atoms with E-state index in [1.54, 1.807) is 24.3 Å². The molecule has 5 nitrogen and oxygen atoms in total. The van der Waals surface area contributed by atoms with Crippen LogP contribution in [0, 0.1) is 0 Å². The van der Waals surface area contributed by atoms with Crippen LogP contribution in [0.15, 0.2) is 24.3 Å². The Morgan fingerprint density at radius 3 is 2.43 bits per heavy atom. The van der Waals surface area contributed by atoms with Gasteiger partial charge in [0, 0.05) is 6.61 Å². The summed E-state index contributed by atoms with van der Waals surface area (Å²) in [7, 11) is 1.89. The molecule has 0 spiro atoms. The average Bonchev–Trinajstić information content (AvgIpc) is 2.46. The summed E-state index contributed by atoms with van der Waals surface area (Å²) in [5.41, 5.74) is 0. The monoisotopic (exact) mass is 295 g/mol. The van der Waals surface area contributed by atoms with E-state index < -0.39 is 0 Å². The van der Waals surface area contributed by atoms with E-state index in [0.29, 0.717) is 12.4 Å². The number of likely N-dealkylation sites (N-methyl/N-ethyl adjacent to an activating group) is 1. The first-order valence-corrected chi connectivity index (χ1v) is 7.38. The number of aliphatic hydroxyl groups is 1. The zero-order valence-corrected chi connectivity index (χ0v) is 12.9. The molecule has 1 aromatic rings. The molecule has 0 saturated heterocycles. The number of nitrogens with zero attached hydrogens (tertiary/aromatic N) is 1. The lowest BCUT2D eigenvalue weighted by atomic mass is 10.2. The van der Waals surface area contributed by atoms with Crippen LogP contribution in [0.3, 0.4) is 0 Å². The van der Waals surface area contributed by atoms with Crippen LogP contribution in [0.4, 0.5) is 0 Å². The molecule has 0 aliphatic rings. The van der Waals surface area contributed by atoms with Crippen molar-refractivity contribution >= 4 is 5.97 Å². The predicted octanol–water partition coefficient (Wildman–Crippen LogP) is 2.09. The van der Waals surface area contributed by atoms with Crippen LogP contribution in [0.25, 0.3) is 0 Å². The minimum absolute atomic E-state index is 0.226. The van der Waals surface area contributed by atoms with Gasteiger partial charge >= 0.3 is 5.97 Å².